The molecule has 4 N–H and O–H groups in total. The summed E-state index contributed by atoms with van der Waals surface area (Å²) < 4.78 is 0. The number of rotatable bonds is 6. The Hall–Kier alpha value is -2.10. The van der Waals surface area contributed by atoms with E-state index >= 15 is 0 Å². The van der Waals surface area contributed by atoms with Crippen molar-refractivity contribution in [3.05, 3.63) is 35.7 Å². The second kappa shape index (κ2) is 7.07. The van der Waals surface area contributed by atoms with Crippen molar-refractivity contribution in [1.82, 2.24) is 4.98 Å². The Balaban J connectivity index is 2.37. The lowest BCUT2D eigenvalue weighted by Gasteiger charge is -2.27. The van der Waals surface area contributed by atoms with Gasteiger partial charge in [-0.25, -0.2) is 0 Å². The van der Waals surface area contributed by atoms with Crippen molar-refractivity contribution in [3.8, 4) is 0 Å². The topological polar surface area (TPSA) is 78.0 Å². The van der Waals surface area contributed by atoms with E-state index in [4.69, 9.17) is 11.1 Å². The van der Waals surface area contributed by atoms with Crippen LogP contribution in [0.4, 0.5) is 5.82 Å². The fourth-order valence-electron chi connectivity index (χ4n) is 2.98. The van der Waals surface area contributed by atoms with Gasteiger partial charge in [0.1, 0.15) is 5.82 Å². The first-order chi connectivity index (χ1) is 10.2. The summed E-state index contributed by atoms with van der Waals surface area (Å²) >= 11 is 0. The SMILES string of the molecule is CCCCC1C=CN=C(C)C1c1c[nH]c(N)c1C=CC=N. The minimum Gasteiger partial charge on any atom is -0.385 e. The number of anilines is 1. The number of nitrogens with zero attached hydrogens (tertiary/aromatic N) is 1. The van der Waals surface area contributed by atoms with E-state index in [1.807, 2.05) is 18.5 Å². The zero-order valence-corrected chi connectivity index (χ0v) is 12.8. The maximum Gasteiger partial charge on any atom is 0.108 e. The summed E-state index contributed by atoms with van der Waals surface area (Å²) in [5.74, 6) is 1.38. The number of nitrogens with two attached hydrogens (primary N) is 1. The quantitative estimate of drug-likeness (QED) is 0.674. The van der Waals surface area contributed by atoms with Crippen LogP contribution in [-0.2, 0) is 0 Å². The van der Waals surface area contributed by atoms with E-state index in [1.165, 1.54) is 24.6 Å². The third-order valence-electron chi connectivity index (χ3n) is 4.06. The van der Waals surface area contributed by atoms with Gasteiger partial charge in [-0.1, -0.05) is 25.8 Å². The highest BCUT2D eigenvalue weighted by Gasteiger charge is 2.28. The van der Waals surface area contributed by atoms with E-state index < -0.39 is 0 Å². The van der Waals surface area contributed by atoms with E-state index in [2.05, 4.69) is 29.9 Å². The minimum absolute atomic E-state index is 0.264. The van der Waals surface area contributed by atoms with Crippen molar-refractivity contribution < 1.29 is 0 Å². The zero-order valence-electron chi connectivity index (χ0n) is 12.8. The van der Waals surface area contributed by atoms with Gasteiger partial charge in [0.05, 0.1) is 0 Å². The highest BCUT2D eigenvalue weighted by Crippen LogP contribution is 2.37. The van der Waals surface area contributed by atoms with E-state index in [0.29, 0.717) is 11.7 Å². The number of hydrogen-bond acceptors (Lipinski definition) is 3. The minimum atomic E-state index is 0.264. The van der Waals surface area contributed by atoms with Gasteiger partial charge in [0.2, 0.25) is 0 Å². The van der Waals surface area contributed by atoms with Crippen LogP contribution >= 0.6 is 0 Å². The van der Waals surface area contributed by atoms with Gasteiger partial charge in [0.15, 0.2) is 0 Å². The summed E-state index contributed by atoms with van der Waals surface area (Å²) in [6.45, 7) is 4.30. The van der Waals surface area contributed by atoms with Gasteiger partial charge >= 0.3 is 0 Å². The lowest BCUT2D eigenvalue weighted by Crippen LogP contribution is -2.21. The number of aliphatic imine (C=N–C) groups is 1. The summed E-state index contributed by atoms with van der Waals surface area (Å²) in [6, 6.07) is 0. The number of nitrogen functional groups attached to an aromatic ring is 1. The van der Waals surface area contributed by atoms with Crippen molar-refractivity contribution >= 4 is 23.8 Å². The summed E-state index contributed by atoms with van der Waals surface area (Å²) in [7, 11) is 0. The predicted octanol–water partition coefficient (Wildman–Crippen LogP) is 4.14. The third kappa shape index (κ3) is 3.32. The first-order valence-corrected chi connectivity index (χ1v) is 7.53. The van der Waals surface area contributed by atoms with Crippen molar-refractivity contribution in [2.24, 2.45) is 10.9 Å². The van der Waals surface area contributed by atoms with E-state index in [9.17, 15) is 0 Å². The molecule has 0 bridgehead atoms. The number of H-pyrrole nitrogens is 1. The summed E-state index contributed by atoms with van der Waals surface area (Å²) in [5.41, 5.74) is 9.33. The number of allylic oxidation sites excluding steroid dienone is 2. The molecule has 1 aliphatic heterocycles. The van der Waals surface area contributed by atoms with Crippen LogP contribution in [0.3, 0.4) is 0 Å². The number of aromatic nitrogens is 1. The zero-order chi connectivity index (χ0) is 15.2. The van der Waals surface area contributed by atoms with Crippen LogP contribution in [0.2, 0.25) is 0 Å². The lowest BCUT2D eigenvalue weighted by molar-refractivity contribution is 0.520. The molecule has 2 rings (SSSR count). The molecular weight excluding hydrogens is 260 g/mol. The lowest BCUT2D eigenvalue weighted by atomic mass is 9.78. The van der Waals surface area contributed by atoms with E-state index in [-0.39, 0.29) is 5.92 Å². The normalized spacial score (nSPS) is 21.7. The Bertz CT molecular complexity index is 578. The highest BCUT2D eigenvalue weighted by atomic mass is 14.8. The molecule has 21 heavy (non-hydrogen) atoms. The molecule has 0 fully saturated rings. The Labute approximate surface area is 126 Å². The van der Waals surface area contributed by atoms with Gasteiger partial charge in [-0.2, -0.15) is 0 Å². The van der Waals surface area contributed by atoms with Crippen LogP contribution in [0.15, 0.2) is 29.5 Å². The van der Waals surface area contributed by atoms with Gasteiger partial charge < -0.3 is 16.1 Å². The molecule has 4 heteroatoms. The summed E-state index contributed by atoms with van der Waals surface area (Å²) in [4.78, 5) is 7.60. The van der Waals surface area contributed by atoms with Crippen molar-refractivity contribution in [2.75, 3.05) is 5.73 Å². The van der Waals surface area contributed by atoms with Crippen LogP contribution in [0.25, 0.3) is 6.08 Å². The first-order valence-electron chi connectivity index (χ1n) is 7.53. The molecule has 1 aromatic rings. The maximum absolute atomic E-state index is 7.16. The van der Waals surface area contributed by atoms with Crippen LogP contribution in [-0.4, -0.2) is 16.9 Å². The molecule has 1 aliphatic rings. The van der Waals surface area contributed by atoms with Crippen LogP contribution in [0.1, 0.15) is 50.2 Å². The Morgan fingerprint density at radius 2 is 2.29 bits per heavy atom. The predicted molar refractivity (Wildman–Crippen MR) is 91.0 cm³/mol. The number of nitrogens with one attached hydrogen (secondary N) is 2. The maximum atomic E-state index is 7.16. The summed E-state index contributed by atoms with van der Waals surface area (Å²) in [6.07, 6.45) is 14.6. The highest BCUT2D eigenvalue weighted by molar-refractivity contribution is 5.92. The van der Waals surface area contributed by atoms with Crippen LogP contribution in [0, 0.1) is 11.3 Å². The standard InChI is InChI=1S/C17H24N4/c1-3-4-6-13-8-10-20-12(2)16(13)15-11-21-17(19)14(15)7-5-9-18/h5,7-11,13,16,18,21H,3-4,6,19H2,1-2H3. The van der Waals surface area contributed by atoms with Gasteiger partial charge in [0.25, 0.3) is 0 Å². The molecule has 2 heterocycles. The van der Waals surface area contributed by atoms with Crippen molar-refractivity contribution in [2.45, 2.75) is 39.0 Å². The van der Waals surface area contributed by atoms with Crippen molar-refractivity contribution in [3.63, 3.8) is 0 Å². The largest absolute Gasteiger partial charge is 0.385 e. The second-order valence-corrected chi connectivity index (χ2v) is 5.49. The summed E-state index contributed by atoms with van der Waals surface area (Å²) in [5, 5.41) is 7.16. The average Bonchev–Trinajstić information content (AvgIpc) is 2.83. The molecule has 0 saturated heterocycles. The van der Waals surface area contributed by atoms with Gasteiger partial charge in [0, 0.05) is 35.8 Å². The Kier molecular flexibility index (Phi) is 5.14. The van der Waals surface area contributed by atoms with E-state index in [0.717, 1.165) is 17.7 Å². The Morgan fingerprint density at radius 1 is 1.48 bits per heavy atom. The average molecular weight is 284 g/mol. The molecule has 0 spiro atoms. The van der Waals surface area contributed by atoms with Gasteiger partial charge in [-0.05, 0) is 37.0 Å². The fourth-order valence-corrected chi connectivity index (χ4v) is 2.98. The number of aromatic amines is 1. The molecule has 112 valence electrons. The molecule has 0 aliphatic carbocycles. The molecule has 0 aromatic carbocycles. The molecule has 2 atom stereocenters. The fraction of sp³-hybridized carbons (Fsp3) is 0.412. The first kappa shape index (κ1) is 15.3. The van der Waals surface area contributed by atoms with Crippen molar-refractivity contribution in [1.29, 1.82) is 5.41 Å². The molecule has 4 nitrogen and oxygen atoms in total. The Morgan fingerprint density at radius 3 is 3.00 bits per heavy atom. The molecule has 2 unspecified atom stereocenters. The molecule has 0 amide bonds. The molecule has 1 aromatic heterocycles. The van der Waals surface area contributed by atoms with Gasteiger partial charge in [-0.15, -0.1) is 0 Å². The number of unbranched alkanes of at least 4 members (excludes halogenated alkanes) is 1. The smallest absolute Gasteiger partial charge is 0.108 e. The number of hydrogen-bond donors (Lipinski definition) is 3. The van der Waals surface area contributed by atoms with E-state index in [1.54, 1.807) is 6.08 Å². The van der Waals surface area contributed by atoms with Gasteiger partial charge in [-0.3, -0.25) is 4.99 Å². The molecule has 0 radical (unpaired) electrons. The molecular formula is C17H24N4. The second-order valence-electron chi connectivity index (χ2n) is 5.49. The molecule has 0 saturated carbocycles. The monoisotopic (exact) mass is 284 g/mol. The van der Waals surface area contributed by atoms with Crippen LogP contribution in [0.5, 0.6) is 0 Å². The van der Waals surface area contributed by atoms with Crippen LogP contribution < -0.4 is 5.73 Å². The third-order valence-corrected chi connectivity index (χ3v) is 4.06.